The first-order valence-electron chi connectivity index (χ1n) is 5.73. The standard InChI is InChI=1S/C13H12N4OS/c1-9-2-4-10(5-3-9)19(18)17-7-6-11-13(17)15-8-12(14)16-11/h2-8H,1H3,(H2,14,16). The number of benzene rings is 1. The lowest BCUT2D eigenvalue weighted by atomic mass is 10.2. The van der Waals surface area contributed by atoms with Gasteiger partial charge in [0.25, 0.3) is 0 Å². The quantitative estimate of drug-likeness (QED) is 0.773. The van der Waals surface area contributed by atoms with E-state index in [-0.39, 0.29) is 0 Å². The molecular formula is C13H12N4OS. The Labute approximate surface area is 112 Å². The molecule has 0 aliphatic heterocycles. The minimum atomic E-state index is -1.33. The summed E-state index contributed by atoms with van der Waals surface area (Å²) in [5.41, 5.74) is 7.91. The SMILES string of the molecule is Cc1ccc(S(=O)n2ccc3nc(N)cnc32)cc1. The summed E-state index contributed by atoms with van der Waals surface area (Å²) in [7, 11) is -1.33. The number of fused-ring (bicyclic) bond motifs is 1. The molecule has 0 saturated heterocycles. The van der Waals surface area contributed by atoms with Crippen molar-refractivity contribution in [1.82, 2.24) is 13.9 Å². The molecular weight excluding hydrogens is 260 g/mol. The van der Waals surface area contributed by atoms with E-state index in [1.165, 1.54) is 6.20 Å². The fourth-order valence-corrected chi connectivity index (χ4v) is 2.87. The van der Waals surface area contributed by atoms with Crippen molar-refractivity contribution < 1.29 is 4.21 Å². The topological polar surface area (TPSA) is 73.8 Å². The summed E-state index contributed by atoms with van der Waals surface area (Å²) in [6, 6.07) is 9.32. The maximum Gasteiger partial charge on any atom is 0.171 e. The van der Waals surface area contributed by atoms with Crippen molar-refractivity contribution in [3.63, 3.8) is 0 Å². The Morgan fingerprint density at radius 3 is 2.68 bits per heavy atom. The lowest BCUT2D eigenvalue weighted by molar-refractivity contribution is 0.678. The van der Waals surface area contributed by atoms with Gasteiger partial charge in [-0.25, -0.2) is 18.1 Å². The number of rotatable bonds is 2. The molecule has 0 bridgehead atoms. The van der Waals surface area contributed by atoms with E-state index in [4.69, 9.17) is 5.73 Å². The number of nitrogens with two attached hydrogens (primary N) is 1. The Bertz CT molecular complexity index is 764. The van der Waals surface area contributed by atoms with Crippen molar-refractivity contribution in [2.24, 2.45) is 0 Å². The van der Waals surface area contributed by atoms with Gasteiger partial charge in [0, 0.05) is 6.20 Å². The van der Waals surface area contributed by atoms with Gasteiger partial charge in [0.1, 0.15) is 11.3 Å². The van der Waals surface area contributed by atoms with Gasteiger partial charge in [-0.3, -0.25) is 0 Å². The summed E-state index contributed by atoms with van der Waals surface area (Å²) in [5, 5.41) is 0. The average molecular weight is 272 g/mol. The van der Waals surface area contributed by atoms with Crippen molar-refractivity contribution in [3.8, 4) is 0 Å². The molecule has 0 spiro atoms. The Kier molecular flexibility index (Phi) is 2.79. The monoisotopic (exact) mass is 272 g/mol. The van der Waals surface area contributed by atoms with Crippen LogP contribution in [0.2, 0.25) is 0 Å². The van der Waals surface area contributed by atoms with E-state index in [2.05, 4.69) is 9.97 Å². The molecule has 2 aromatic heterocycles. The number of hydrogen-bond donors (Lipinski definition) is 1. The average Bonchev–Trinajstić information content (AvgIpc) is 2.81. The summed E-state index contributed by atoms with van der Waals surface area (Å²) in [6.45, 7) is 1.99. The smallest absolute Gasteiger partial charge is 0.171 e. The molecule has 1 atom stereocenters. The Balaban J connectivity index is 2.09. The molecule has 2 N–H and O–H groups in total. The largest absolute Gasteiger partial charge is 0.382 e. The summed E-state index contributed by atoms with van der Waals surface area (Å²) in [4.78, 5) is 9.06. The third kappa shape index (κ3) is 2.10. The summed E-state index contributed by atoms with van der Waals surface area (Å²) >= 11 is 0. The maximum atomic E-state index is 12.5. The van der Waals surface area contributed by atoms with Crippen LogP contribution in [0.3, 0.4) is 0 Å². The minimum absolute atomic E-state index is 0.353. The molecule has 5 nitrogen and oxygen atoms in total. The maximum absolute atomic E-state index is 12.5. The second kappa shape index (κ2) is 4.47. The molecule has 3 rings (SSSR count). The van der Waals surface area contributed by atoms with Gasteiger partial charge >= 0.3 is 0 Å². The van der Waals surface area contributed by atoms with Crippen LogP contribution < -0.4 is 5.73 Å². The molecule has 0 amide bonds. The first-order valence-corrected chi connectivity index (χ1v) is 6.84. The number of aromatic nitrogens is 3. The number of nitrogen functional groups attached to an aromatic ring is 1. The Hall–Kier alpha value is -2.21. The van der Waals surface area contributed by atoms with Gasteiger partial charge in [-0.1, -0.05) is 17.7 Å². The highest BCUT2D eigenvalue weighted by Crippen LogP contribution is 2.17. The Morgan fingerprint density at radius 1 is 1.21 bits per heavy atom. The number of hydrogen-bond acceptors (Lipinski definition) is 4. The normalized spacial score (nSPS) is 12.7. The molecule has 0 aliphatic carbocycles. The summed E-state index contributed by atoms with van der Waals surface area (Å²) < 4.78 is 14.1. The minimum Gasteiger partial charge on any atom is -0.382 e. The second-order valence-electron chi connectivity index (χ2n) is 4.21. The van der Waals surface area contributed by atoms with E-state index in [9.17, 15) is 4.21 Å². The van der Waals surface area contributed by atoms with Crippen LogP contribution in [0.25, 0.3) is 11.2 Å². The molecule has 0 fully saturated rings. The van der Waals surface area contributed by atoms with Crippen molar-refractivity contribution in [1.29, 1.82) is 0 Å². The summed E-state index contributed by atoms with van der Waals surface area (Å²) in [5.74, 6) is 0.353. The fourth-order valence-electron chi connectivity index (χ4n) is 1.80. The van der Waals surface area contributed by atoms with Gasteiger partial charge in [-0.15, -0.1) is 0 Å². The van der Waals surface area contributed by atoms with E-state index in [1.807, 2.05) is 31.2 Å². The lowest BCUT2D eigenvalue weighted by Crippen LogP contribution is -2.05. The van der Waals surface area contributed by atoms with E-state index < -0.39 is 11.0 Å². The van der Waals surface area contributed by atoms with Crippen LogP contribution >= 0.6 is 0 Å². The van der Waals surface area contributed by atoms with Crippen molar-refractivity contribution in [3.05, 3.63) is 48.3 Å². The molecule has 6 heteroatoms. The van der Waals surface area contributed by atoms with Gasteiger partial charge < -0.3 is 5.73 Å². The molecule has 19 heavy (non-hydrogen) atoms. The van der Waals surface area contributed by atoms with Crippen LogP contribution in [-0.4, -0.2) is 18.1 Å². The van der Waals surface area contributed by atoms with Gasteiger partial charge in [-0.05, 0) is 25.1 Å². The van der Waals surface area contributed by atoms with Crippen molar-refractivity contribution in [2.75, 3.05) is 5.73 Å². The van der Waals surface area contributed by atoms with Gasteiger partial charge in [0.05, 0.1) is 11.1 Å². The fraction of sp³-hybridized carbons (Fsp3) is 0.0769. The third-order valence-electron chi connectivity index (χ3n) is 2.78. The third-order valence-corrected chi connectivity index (χ3v) is 4.10. The summed E-state index contributed by atoms with van der Waals surface area (Å²) in [6.07, 6.45) is 3.17. The predicted molar refractivity (Wildman–Crippen MR) is 74.9 cm³/mol. The van der Waals surface area contributed by atoms with Gasteiger partial charge in [0.15, 0.2) is 16.6 Å². The number of anilines is 1. The van der Waals surface area contributed by atoms with Crippen LogP contribution in [0.4, 0.5) is 5.82 Å². The van der Waals surface area contributed by atoms with Crippen LogP contribution in [0.1, 0.15) is 5.56 Å². The van der Waals surface area contributed by atoms with Crippen LogP contribution in [-0.2, 0) is 11.0 Å². The van der Waals surface area contributed by atoms with Gasteiger partial charge in [-0.2, -0.15) is 0 Å². The zero-order chi connectivity index (χ0) is 13.4. The zero-order valence-corrected chi connectivity index (χ0v) is 11.1. The van der Waals surface area contributed by atoms with Crippen LogP contribution in [0, 0.1) is 6.92 Å². The molecule has 1 aromatic carbocycles. The van der Waals surface area contributed by atoms with Gasteiger partial charge in [0.2, 0.25) is 0 Å². The highest BCUT2D eigenvalue weighted by molar-refractivity contribution is 7.83. The van der Waals surface area contributed by atoms with Crippen LogP contribution in [0.15, 0.2) is 47.6 Å². The highest BCUT2D eigenvalue weighted by atomic mass is 32.2. The molecule has 1 unspecified atom stereocenters. The molecule has 0 aliphatic rings. The van der Waals surface area contributed by atoms with Crippen molar-refractivity contribution in [2.45, 2.75) is 11.8 Å². The molecule has 0 radical (unpaired) electrons. The lowest BCUT2D eigenvalue weighted by Gasteiger charge is -2.04. The first-order chi connectivity index (χ1) is 9.15. The van der Waals surface area contributed by atoms with Crippen molar-refractivity contribution >= 4 is 28.0 Å². The van der Waals surface area contributed by atoms with Crippen LogP contribution in [0.5, 0.6) is 0 Å². The Morgan fingerprint density at radius 2 is 1.95 bits per heavy atom. The number of nitrogens with zero attached hydrogens (tertiary/aromatic N) is 3. The van der Waals surface area contributed by atoms with E-state index in [0.29, 0.717) is 17.0 Å². The van der Waals surface area contributed by atoms with E-state index >= 15 is 0 Å². The molecule has 96 valence electrons. The molecule has 0 saturated carbocycles. The zero-order valence-electron chi connectivity index (χ0n) is 10.3. The highest BCUT2D eigenvalue weighted by Gasteiger charge is 2.11. The predicted octanol–water partition coefficient (Wildman–Crippen LogP) is 1.89. The first kappa shape index (κ1) is 11.9. The second-order valence-corrected chi connectivity index (χ2v) is 5.57. The van der Waals surface area contributed by atoms with E-state index in [1.54, 1.807) is 16.2 Å². The number of aryl methyl sites for hydroxylation is 1. The van der Waals surface area contributed by atoms with E-state index in [0.717, 1.165) is 10.5 Å². The molecule has 3 aromatic rings. The molecule has 2 heterocycles.